The largest absolute Gasteiger partial charge is 0.348 e. The van der Waals surface area contributed by atoms with Crippen LogP contribution < -0.4 is 10.6 Å². The number of nitrogens with one attached hydrogen (secondary N) is 2. The molecule has 0 aliphatic carbocycles. The van der Waals surface area contributed by atoms with Gasteiger partial charge in [0.25, 0.3) is 5.91 Å². The van der Waals surface area contributed by atoms with E-state index in [4.69, 9.17) is 4.98 Å². The van der Waals surface area contributed by atoms with Gasteiger partial charge in [0.15, 0.2) is 5.65 Å². The van der Waals surface area contributed by atoms with E-state index in [1.165, 1.54) is 0 Å². The molecule has 0 saturated carbocycles. The summed E-state index contributed by atoms with van der Waals surface area (Å²) < 4.78 is 1.89. The molecule has 1 atom stereocenters. The van der Waals surface area contributed by atoms with E-state index in [0.29, 0.717) is 5.56 Å². The van der Waals surface area contributed by atoms with Gasteiger partial charge in [-0.3, -0.25) is 4.79 Å². The number of amides is 1. The second kappa shape index (κ2) is 6.89. The van der Waals surface area contributed by atoms with Gasteiger partial charge in [0.05, 0.1) is 17.1 Å². The zero-order chi connectivity index (χ0) is 17.3. The zero-order valence-electron chi connectivity index (χ0n) is 15.0. The number of pyridine rings is 1. The van der Waals surface area contributed by atoms with Crippen molar-refractivity contribution in [3.8, 4) is 0 Å². The highest BCUT2D eigenvalue weighted by molar-refractivity contribution is 6.05. The molecule has 2 aromatic rings. The molecule has 0 spiro atoms. The Kier molecular flexibility index (Phi) is 4.85. The molecular weight excluding hydrogens is 302 g/mol. The molecule has 1 aliphatic rings. The van der Waals surface area contributed by atoms with E-state index in [-0.39, 0.29) is 23.9 Å². The molecule has 1 amide bonds. The fraction of sp³-hybridized carbons (Fsp3) is 0.611. The molecule has 2 aromatic heterocycles. The van der Waals surface area contributed by atoms with Crippen LogP contribution in [0.1, 0.15) is 68.5 Å². The van der Waals surface area contributed by atoms with Crippen LogP contribution in [0.4, 0.5) is 0 Å². The topological polar surface area (TPSA) is 71.8 Å². The summed E-state index contributed by atoms with van der Waals surface area (Å²) in [5.41, 5.74) is 2.40. The molecule has 130 valence electrons. The number of carbonyl (C=O) groups excluding carboxylic acids is 1. The minimum atomic E-state index is -0.0266. The standard InChI is InChI=1S/C18H27N5O/c1-11(2)16-8-14(18(24)21-13-6-5-7-19-9-13)15-10-20-23(12(3)4)17(15)22-16/h8,10-13,19H,5-7,9H2,1-4H3,(H,21,24)/t13-/m0/s1. The third-order valence-corrected chi connectivity index (χ3v) is 4.54. The Hall–Kier alpha value is -1.95. The normalized spacial score (nSPS) is 18.5. The van der Waals surface area contributed by atoms with Gasteiger partial charge >= 0.3 is 0 Å². The van der Waals surface area contributed by atoms with E-state index < -0.39 is 0 Å². The third kappa shape index (κ3) is 3.29. The fourth-order valence-corrected chi connectivity index (χ4v) is 3.14. The minimum absolute atomic E-state index is 0.0266. The molecule has 3 rings (SSSR count). The molecule has 6 heteroatoms. The Bertz CT molecular complexity index is 728. The van der Waals surface area contributed by atoms with Crippen LogP contribution in [0.25, 0.3) is 11.0 Å². The van der Waals surface area contributed by atoms with Crippen molar-refractivity contribution in [1.29, 1.82) is 0 Å². The highest BCUT2D eigenvalue weighted by Crippen LogP contribution is 2.24. The SMILES string of the molecule is CC(C)c1cc(C(=O)N[C@H]2CCCNC2)c2cnn(C(C)C)c2n1. The molecule has 0 radical (unpaired) electrons. The maximum absolute atomic E-state index is 12.9. The molecule has 0 bridgehead atoms. The van der Waals surface area contributed by atoms with Gasteiger partial charge in [-0.15, -0.1) is 0 Å². The monoisotopic (exact) mass is 329 g/mol. The van der Waals surface area contributed by atoms with Crippen molar-refractivity contribution in [2.45, 2.75) is 58.5 Å². The predicted molar refractivity (Wildman–Crippen MR) is 95.4 cm³/mol. The van der Waals surface area contributed by atoms with Crippen molar-refractivity contribution in [2.75, 3.05) is 13.1 Å². The first-order chi connectivity index (χ1) is 11.5. The molecular formula is C18H27N5O. The summed E-state index contributed by atoms with van der Waals surface area (Å²) >= 11 is 0. The van der Waals surface area contributed by atoms with Gasteiger partial charge in [-0.1, -0.05) is 13.8 Å². The van der Waals surface area contributed by atoms with Crippen molar-refractivity contribution in [2.24, 2.45) is 0 Å². The summed E-state index contributed by atoms with van der Waals surface area (Å²) in [7, 11) is 0. The van der Waals surface area contributed by atoms with Crippen molar-refractivity contribution < 1.29 is 4.79 Å². The van der Waals surface area contributed by atoms with Gasteiger partial charge in [-0.05, 0) is 45.2 Å². The minimum Gasteiger partial charge on any atom is -0.348 e. The summed E-state index contributed by atoms with van der Waals surface area (Å²) in [6.07, 6.45) is 3.88. The number of aromatic nitrogens is 3. The van der Waals surface area contributed by atoms with Gasteiger partial charge in [0.2, 0.25) is 0 Å². The molecule has 0 unspecified atom stereocenters. The zero-order valence-corrected chi connectivity index (χ0v) is 15.0. The second-order valence-corrected chi connectivity index (χ2v) is 7.19. The highest BCUT2D eigenvalue weighted by Gasteiger charge is 2.21. The summed E-state index contributed by atoms with van der Waals surface area (Å²) in [6.45, 7) is 10.2. The Morgan fingerprint density at radius 3 is 2.79 bits per heavy atom. The van der Waals surface area contributed by atoms with Crippen LogP contribution in [0.3, 0.4) is 0 Å². The average Bonchev–Trinajstić information content (AvgIpc) is 2.98. The maximum atomic E-state index is 12.9. The third-order valence-electron chi connectivity index (χ3n) is 4.54. The number of piperidine rings is 1. The van der Waals surface area contributed by atoms with Crippen LogP contribution in [0.2, 0.25) is 0 Å². The lowest BCUT2D eigenvalue weighted by Gasteiger charge is -2.24. The van der Waals surface area contributed by atoms with Crippen LogP contribution in [0, 0.1) is 0 Å². The molecule has 2 N–H and O–H groups in total. The summed E-state index contributed by atoms with van der Waals surface area (Å²) in [5, 5.41) is 11.8. The van der Waals surface area contributed by atoms with Crippen molar-refractivity contribution in [1.82, 2.24) is 25.4 Å². The van der Waals surface area contributed by atoms with Gasteiger partial charge in [-0.2, -0.15) is 5.10 Å². The first-order valence-corrected chi connectivity index (χ1v) is 8.87. The van der Waals surface area contributed by atoms with E-state index in [9.17, 15) is 4.79 Å². The lowest BCUT2D eigenvalue weighted by atomic mass is 10.0. The highest BCUT2D eigenvalue weighted by atomic mass is 16.1. The maximum Gasteiger partial charge on any atom is 0.252 e. The molecule has 3 heterocycles. The van der Waals surface area contributed by atoms with Gasteiger partial charge in [0, 0.05) is 24.3 Å². The number of hydrogen-bond donors (Lipinski definition) is 2. The Morgan fingerprint density at radius 1 is 1.38 bits per heavy atom. The molecule has 1 fully saturated rings. The molecule has 1 aliphatic heterocycles. The van der Waals surface area contributed by atoms with E-state index in [2.05, 4.69) is 43.4 Å². The lowest BCUT2D eigenvalue weighted by Crippen LogP contribution is -2.45. The number of hydrogen-bond acceptors (Lipinski definition) is 4. The molecule has 1 saturated heterocycles. The molecule has 6 nitrogen and oxygen atoms in total. The first-order valence-electron chi connectivity index (χ1n) is 8.87. The average molecular weight is 329 g/mol. The van der Waals surface area contributed by atoms with Gasteiger partial charge < -0.3 is 10.6 Å². The second-order valence-electron chi connectivity index (χ2n) is 7.19. The summed E-state index contributed by atoms with van der Waals surface area (Å²) in [6, 6.07) is 2.32. The first kappa shape index (κ1) is 16.9. The molecule has 24 heavy (non-hydrogen) atoms. The number of carbonyl (C=O) groups is 1. The Balaban J connectivity index is 2.00. The van der Waals surface area contributed by atoms with E-state index in [0.717, 1.165) is 42.7 Å². The van der Waals surface area contributed by atoms with Crippen molar-refractivity contribution in [3.63, 3.8) is 0 Å². The predicted octanol–water partition coefficient (Wildman–Crippen LogP) is 2.62. The van der Waals surface area contributed by atoms with Crippen LogP contribution >= 0.6 is 0 Å². The Labute approximate surface area is 143 Å². The number of nitrogens with zero attached hydrogens (tertiary/aromatic N) is 3. The summed E-state index contributed by atoms with van der Waals surface area (Å²) in [5.74, 6) is 0.231. The molecule has 0 aromatic carbocycles. The van der Waals surface area contributed by atoms with E-state index >= 15 is 0 Å². The van der Waals surface area contributed by atoms with Crippen LogP contribution in [-0.4, -0.2) is 39.8 Å². The van der Waals surface area contributed by atoms with E-state index in [1.807, 2.05) is 10.7 Å². The number of rotatable bonds is 4. The van der Waals surface area contributed by atoms with E-state index in [1.54, 1.807) is 6.20 Å². The van der Waals surface area contributed by atoms with Gasteiger partial charge in [0.1, 0.15) is 0 Å². The Morgan fingerprint density at radius 2 is 2.17 bits per heavy atom. The summed E-state index contributed by atoms with van der Waals surface area (Å²) in [4.78, 5) is 17.6. The fourth-order valence-electron chi connectivity index (χ4n) is 3.14. The van der Waals surface area contributed by atoms with Crippen molar-refractivity contribution >= 4 is 16.9 Å². The van der Waals surface area contributed by atoms with Gasteiger partial charge in [-0.25, -0.2) is 9.67 Å². The number of fused-ring (bicyclic) bond motifs is 1. The van der Waals surface area contributed by atoms with Crippen LogP contribution in [0.5, 0.6) is 0 Å². The smallest absolute Gasteiger partial charge is 0.252 e. The quantitative estimate of drug-likeness (QED) is 0.904. The van der Waals surface area contributed by atoms with Crippen LogP contribution in [0.15, 0.2) is 12.3 Å². The lowest BCUT2D eigenvalue weighted by molar-refractivity contribution is 0.0932. The van der Waals surface area contributed by atoms with Crippen molar-refractivity contribution in [3.05, 3.63) is 23.5 Å². The van der Waals surface area contributed by atoms with Crippen LogP contribution in [-0.2, 0) is 0 Å².